The molecule has 0 aliphatic carbocycles. The van der Waals surface area contributed by atoms with Crippen molar-refractivity contribution in [3.63, 3.8) is 0 Å². The summed E-state index contributed by atoms with van der Waals surface area (Å²) in [7, 11) is 1.34. The zero-order valence-electron chi connectivity index (χ0n) is 9.42. The van der Waals surface area contributed by atoms with Gasteiger partial charge in [-0.1, -0.05) is 12.1 Å². The minimum absolute atomic E-state index is 0.234. The summed E-state index contributed by atoms with van der Waals surface area (Å²) in [6.07, 6.45) is -0.882. The highest BCUT2D eigenvalue weighted by atomic mass is 16.5. The quantitative estimate of drug-likeness (QED) is 0.790. The molecular formula is C12H13NO4. The molecule has 0 bridgehead atoms. The fraction of sp³-hybridized carbons (Fsp3) is 0.333. The van der Waals surface area contributed by atoms with Gasteiger partial charge >= 0.3 is 12.1 Å². The molecule has 5 heteroatoms. The van der Waals surface area contributed by atoms with E-state index in [0.29, 0.717) is 18.7 Å². The van der Waals surface area contributed by atoms with Crippen LogP contribution in [0.4, 0.5) is 4.79 Å². The summed E-state index contributed by atoms with van der Waals surface area (Å²) in [6.45, 7) is 1.04. The van der Waals surface area contributed by atoms with Crippen LogP contribution in [0.2, 0.25) is 0 Å². The molecule has 0 spiro atoms. The number of rotatable bonds is 2. The van der Waals surface area contributed by atoms with E-state index in [-0.39, 0.29) is 11.9 Å². The van der Waals surface area contributed by atoms with Gasteiger partial charge in [0.15, 0.2) is 0 Å². The van der Waals surface area contributed by atoms with E-state index in [9.17, 15) is 9.59 Å². The van der Waals surface area contributed by atoms with Crippen LogP contribution < -0.4 is 0 Å². The van der Waals surface area contributed by atoms with Crippen LogP contribution in [0.25, 0.3) is 0 Å². The Morgan fingerprint density at radius 2 is 1.88 bits per heavy atom. The summed E-state index contributed by atoms with van der Waals surface area (Å²) in [5.74, 6) is -0.130. The molecule has 1 aromatic rings. The third-order valence-corrected chi connectivity index (χ3v) is 2.96. The summed E-state index contributed by atoms with van der Waals surface area (Å²) in [6, 6.07) is 7.08. The molecule has 90 valence electrons. The number of carbonyl (C=O) groups excluding carboxylic acids is 1. The fourth-order valence-corrected chi connectivity index (χ4v) is 1.85. The van der Waals surface area contributed by atoms with Crippen molar-refractivity contribution in [2.24, 2.45) is 0 Å². The Labute approximate surface area is 98.6 Å². The van der Waals surface area contributed by atoms with E-state index in [2.05, 4.69) is 4.74 Å². The standard InChI is InChI=1S/C12H13NO4/c1-17-11(14)9-4-2-8(3-5-9)10-6-13(7-10)12(15)16/h2-5,10H,6-7H2,1H3,(H,15,16). The molecule has 0 radical (unpaired) electrons. The van der Waals surface area contributed by atoms with Gasteiger partial charge in [-0.25, -0.2) is 9.59 Å². The van der Waals surface area contributed by atoms with Crippen LogP contribution in [0.3, 0.4) is 0 Å². The predicted octanol–water partition coefficient (Wildman–Crippen LogP) is 1.55. The maximum absolute atomic E-state index is 11.2. The van der Waals surface area contributed by atoms with Crippen molar-refractivity contribution in [3.05, 3.63) is 35.4 Å². The van der Waals surface area contributed by atoms with Crippen LogP contribution >= 0.6 is 0 Å². The topological polar surface area (TPSA) is 66.8 Å². The molecule has 1 heterocycles. The molecule has 0 atom stereocenters. The average Bonchev–Trinajstić information content (AvgIpc) is 2.26. The van der Waals surface area contributed by atoms with Gasteiger partial charge in [-0.15, -0.1) is 0 Å². The average molecular weight is 235 g/mol. The van der Waals surface area contributed by atoms with Gasteiger partial charge in [0.1, 0.15) is 0 Å². The molecule has 1 aliphatic heterocycles. The number of carbonyl (C=O) groups is 2. The molecule has 0 aromatic heterocycles. The Kier molecular flexibility index (Phi) is 2.99. The van der Waals surface area contributed by atoms with Crippen LogP contribution in [0.15, 0.2) is 24.3 Å². The highest BCUT2D eigenvalue weighted by Crippen LogP contribution is 2.27. The molecule has 1 aliphatic rings. The van der Waals surface area contributed by atoms with Gasteiger partial charge < -0.3 is 14.7 Å². The van der Waals surface area contributed by atoms with Gasteiger partial charge in [0.05, 0.1) is 12.7 Å². The Balaban J connectivity index is 2.00. The van der Waals surface area contributed by atoms with E-state index in [1.807, 2.05) is 12.1 Å². The van der Waals surface area contributed by atoms with Gasteiger partial charge in [0, 0.05) is 19.0 Å². The lowest BCUT2D eigenvalue weighted by molar-refractivity contribution is 0.0600. The molecule has 1 N–H and O–H groups in total. The van der Waals surface area contributed by atoms with E-state index in [1.165, 1.54) is 12.0 Å². The summed E-state index contributed by atoms with van der Waals surface area (Å²) in [5, 5.41) is 8.71. The van der Waals surface area contributed by atoms with Crippen molar-refractivity contribution < 1.29 is 19.4 Å². The lowest BCUT2D eigenvalue weighted by Crippen LogP contribution is -2.47. The molecule has 1 saturated heterocycles. The highest BCUT2D eigenvalue weighted by molar-refractivity contribution is 5.89. The second kappa shape index (κ2) is 4.45. The summed E-state index contributed by atoms with van der Waals surface area (Å²) in [5.41, 5.74) is 1.56. The third-order valence-electron chi connectivity index (χ3n) is 2.96. The maximum Gasteiger partial charge on any atom is 0.407 e. The van der Waals surface area contributed by atoms with E-state index in [4.69, 9.17) is 5.11 Å². The monoisotopic (exact) mass is 235 g/mol. The minimum Gasteiger partial charge on any atom is -0.465 e. The molecule has 2 rings (SSSR count). The molecular weight excluding hydrogens is 222 g/mol. The second-order valence-corrected chi connectivity index (χ2v) is 4.00. The van der Waals surface area contributed by atoms with Gasteiger partial charge in [0.25, 0.3) is 0 Å². The number of hydrogen-bond donors (Lipinski definition) is 1. The number of methoxy groups -OCH3 is 1. The number of benzene rings is 1. The molecule has 1 aromatic carbocycles. The first-order valence-corrected chi connectivity index (χ1v) is 5.28. The molecule has 0 saturated carbocycles. The first kappa shape index (κ1) is 11.4. The van der Waals surface area contributed by atoms with Crippen LogP contribution in [0.1, 0.15) is 21.8 Å². The summed E-state index contributed by atoms with van der Waals surface area (Å²) >= 11 is 0. The van der Waals surface area contributed by atoms with Crippen molar-refractivity contribution in [1.29, 1.82) is 0 Å². The van der Waals surface area contributed by atoms with Crippen molar-refractivity contribution in [3.8, 4) is 0 Å². The molecule has 17 heavy (non-hydrogen) atoms. The summed E-state index contributed by atoms with van der Waals surface area (Å²) < 4.78 is 4.60. The highest BCUT2D eigenvalue weighted by Gasteiger charge is 2.31. The van der Waals surface area contributed by atoms with Gasteiger partial charge in [-0.2, -0.15) is 0 Å². The van der Waals surface area contributed by atoms with Crippen molar-refractivity contribution >= 4 is 12.1 Å². The van der Waals surface area contributed by atoms with E-state index in [1.54, 1.807) is 12.1 Å². The normalized spacial score (nSPS) is 15.2. The Morgan fingerprint density at radius 3 is 2.35 bits per heavy atom. The fourth-order valence-electron chi connectivity index (χ4n) is 1.85. The molecule has 5 nitrogen and oxygen atoms in total. The number of hydrogen-bond acceptors (Lipinski definition) is 3. The van der Waals surface area contributed by atoms with Gasteiger partial charge in [0.2, 0.25) is 0 Å². The SMILES string of the molecule is COC(=O)c1ccc(C2CN(C(=O)O)C2)cc1. The Hall–Kier alpha value is -2.04. The van der Waals surface area contributed by atoms with E-state index >= 15 is 0 Å². The Bertz CT molecular complexity index is 434. The van der Waals surface area contributed by atoms with E-state index in [0.717, 1.165) is 5.56 Å². The van der Waals surface area contributed by atoms with Crippen LogP contribution in [-0.4, -0.2) is 42.3 Å². The van der Waals surface area contributed by atoms with Gasteiger partial charge in [-0.3, -0.25) is 0 Å². The maximum atomic E-state index is 11.2. The zero-order chi connectivity index (χ0) is 12.4. The molecule has 1 fully saturated rings. The number of ether oxygens (including phenoxy) is 1. The number of likely N-dealkylation sites (tertiary alicyclic amines) is 1. The number of carboxylic acid groups (broad SMARTS) is 1. The zero-order valence-corrected chi connectivity index (χ0v) is 9.42. The van der Waals surface area contributed by atoms with Crippen LogP contribution in [0.5, 0.6) is 0 Å². The first-order valence-electron chi connectivity index (χ1n) is 5.28. The van der Waals surface area contributed by atoms with Crippen LogP contribution in [-0.2, 0) is 4.74 Å². The Morgan fingerprint density at radius 1 is 1.29 bits per heavy atom. The number of amides is 1. The van der Waals surface area contributed by atoms with Crippen LogP contribution in [0, 0.1) is 0 Å². The van der Waals surface area contributed by atoms with E-state index < -0.39 is 6.09 Å². The second-order valence-electron chi connectivity index (χ2n) is 4.00. The van der Waals surface area contributed by atoms with Crippen molar-refractivity contribution in [2.75, 3.05) is 20.2 Å². The van der Waals surface area contributed by atoms with Gasteiger partial charge in [-0.05, 0) is 17.7 Å². The van der Waals surface area contributed by atoms with Crippen molar-refractivity contribution in [1.82, 2.24) is 4.90 Å². The smallest absolute Gasteiger partial charge is 0.407 e. The minimum atomic E-state index is -0.882. The summed E-state index contributed by atoms with van der Waals surface area (Å²) in [4.78, 5) is 23.2. The molecule has 1 amide bonds. The lowest BCUT2D eigenvalue weighted by atomic mass is 9.91. The third kappa shape index (κ3) is 2.22. The number of nitrogens with zero attached hydrogens (tertiary/aromatic N) is 1. The number of esters is 1. The lowest BCUT2D eigenvalue weighted by Gasteiger charge is -2.37. The van der Waals surface area contributed by atoms with Crippen molar-refractivity contribution in [2.45, 2.75) is 5.92 Å². The molecule has 0 unspecified atom stereocenters. The first-order chi connectivity index (χ1) is 8.11. The predicted molar refractivity (Wildman–Crippen MR) is 60.1 cm³/mol. The largest absolute Gasteiger partial charge is 0.465 e.